The Bertz CT molecular complexity index is 469. The van der Waals surface area contributed by atoms with Crippen LogP contribution in [-0.2, 0) is 16.3 Å². The van der Waals surface area contributed by atoms with Crippen LogP contribution in [0.15, 0.2) is 24.3 Å². The normalized spacial score (nSPS) is 11.8. The molecule has 1 rings (SSSR count). The number of nitrogens with two attached hydrogens (primary N) is 1. The maximum atomic E-state index is 11.6. The van der Waals surface area contributed by atoms with Gasteiger partial charge in [0.15, 0.2) is 9.84 Å². The van der Waals surface area contributed by atoms with E-state index < -0.39 is 9.84 Å². The zero-order valence-corrected chi connectivity index (χ0v) is 11.7. The van der Waals surface area contributed by atoms with Gasteiger partial charge in [-0.3, -0.25) is 0 Å². The summed E-state index contributed by atoms with van der Waals surface area (Å²) < 4.78 is 28.6. The van der Waals surface area contributed by atoms with Crippen LogP contribution in [0.25, 0.3) is 0 Å². The highest BCUT2D eigenvalue weighted by Gasteiger charge is 2.15. The molecule has 0 spiro atoms. The first-order valence-corrected chi connectivity index (χ1v) is 7.80. The third-order valence-electron chi connectivity index (χ3n) is 2.69. The van der Waals surface area contributed by atoms with Gasteiger partial charge in [0.2, 0.25) is 0 Å². The number of hydrogen-bond acceptors (Lipinski definition) is 4. The van der Waals surface area contributed by atoms with Gasteiger partial charge in [-0.25, -0.2) is 8.42 Å². The molecule has 0 aliphatic heterocycles. The van der Waals surface area contributed by atoms with Crippen LogP contribution in [0, 0.1) is 0 Å². The largest absolute Gasteiger partial charge is 0.493 e. The van der Waals surface area contributed by atoms with Crippen molar-refractivity contribution < 1.29 is 13.2 Å². The Morgan fingerprint density at radius 1 is 1.33 bits per heavy atom. The summed E-state index contributed by atoms with van der Waals surface area (Å²) in [6, 6.07) is 7.58. The van der Waals surface area contributed by atoms with Crippen molar-refractivity contribution in [2.75, 3.05) is 18.9 Å². The first-order chi connectivity index (χ1) is 8.45. The lowest BCUT2D eigenvalue weighted by molar-refractivity contribution is 0.340. The molecule has 0 fully saturated rings. The van der Waals surface area contributed by atoms with Crippen LogP contribution in [0.4, 0.5) is 0 Å². The second-order valence-corrected chi connectivity index (χ2v) is 7.13. The predicted octanol–water partition coefficient (Wildman–Crippen LogP) is 1.39. The van der Waals surface area contributed by atoms with Crippen LogP contribution < -0.4 is 10.5 Å². The molecule has 0 heterocycles. The maximum absolute atomic E-state index is 11.6. The SMILES string of the molecule is CC(C)S(=O)(=O)CCOc1cccc(CCN)c1. The quantitative estimate of drug-likeness (QED) is 0.813. The molecule has 18 heavy (non-hydrogen) atoms. The second kappa shape index (κ2) is 6.75. The Kier molecular flexibility index (Phi) is 5.62. The van der Waals surface area contributed by atoms with Crippen molar-refractivity contribution in [2.24, 2.45) is 5.73 Å². The Hall–Kier alpha value is -1.07. The third kappa shape index (κ3) is 4.66. The average molecular weight is 271 g/mol. The van der Waals surface area contributed by atoms with E-state index in [-0.39, 0.29) is 17.6 Å². The number of benzene rings is 1. The minimum absolute atomic E-state index is 0.0474. The van der Waals surface area contributed by atoms with Crippen molar-refractivity contribution in [3.05, 3.63) is 29.8 Å². The lowest BCUT2D eigenvalue weighted by Crippen LogP contribution is -2.22. The highest BCUT2D eigenvalue weighted by atomic mass is 32.2. The number of rotatable bonds is 7. The highest BCUT2D eigenvalue weighted by molar-refractivity contribution is 7.91. The molecule has 0 atom stereocenters. The van der Waals surface area contributed by atoms with Gasteiger partial charge in [-0.05, 0) is 44.5 Å². The van der Waals surface area contributed by atoms with Crippen molar-refractivity contribution >= 4 is 9.84 Å². The molecule has 0 saturated heterocycles. The second-order valence-electron chi connectivity index (χ2n) is 4.45. The molecule has 1 aromatic rings. The van der Waals surface area contributed by atoms with Crippen LogP contribution in [0.1, 0.15) is 19.4 Å². The summed E-state index contributed by atoms with van der Waals surface area (Å²) in [4.78, 5) is 0. The van der Waals surface area contributed by atoms with Crippen molar-refractivity contribution in [3.63, 3.8) is 0 Å². The van der Waals surface area contributed by atoms with E-state index in [1.54, 1.807) is 13.8 Å². The molecular weight excluding hydrogens is 250 g/mol. The van der Waals surface area contributed by atoms with Gasteiger partial charge in [0.05, 0.1) is 11.0 Å². The van der Waals surface area contributed by atoms with E-state index >= 15 is 0 Å². The first kappa shape index (κ1) is 15.0. The van der Waals surface area contributed by atoms with Crippen molar-refractivity contribution in [1.29, 1.82) is 0 Å². The van der Waals surface area contributed by atoms with E-state index in [1.807, 2.05) is 24.3 Å². The summed E-state index contributed by atoms with van der Waals surface area (Å²) in [5.74, 6) is 0.742. The van der Waals surface area contributed by atoms with E-state index in [4.69, 9.17) is 10.5 Å². The van der Waals surface area contributed by atoms with Gasteiger partial charge in [-0.1, -0.05) is 12.1 Å². The van der Waals surface area contributed by atoms with Gasteiger partial charge >= 0.3 is 0 Å². The van der Waals surface area contributed by atoms with Crippen molar-refractivity contribution in [1.82, 2.24) is 0 Å². The molecule has 0 amide bonds. The number of hydrogen-bond donors (Lipinski definition) is 1. The molecule has 2 N–H and O–H groups in total. The Labute approximate surface area is 109 Å². The zero-order chi connectivity index (χ0) is 13.6. The van der Waals surface area contributed by atoms with Crippen molar-refractivity contribution in [2.45, 2.75) is 25.5 Å². The molecule has 0 aromatic heterocycles. The van der Waals surface area contributed by atoms with Gasteiger partial charge in [0.25, 0.3) is 0 Å². The molecule has 4 nitrogen and oxygen atoms in total. The molecule has 0 bridgehead atoms. The van der Waals surface area contributed by atoms with Gasteiger partial charge in [-0.15, -0.1) is 0 Å². The average Bonchev–Trinajstić information content (AvgIpc) is 2.29. The van der Waals surface area contributed by atoms with Gasteiger partial charge in [0.1, 0.15) is 12.4 Å². The van der Waals surface area contributed by atoms with E-state index in [1.165, 1.54) is 0 Å². The predicted molar refractivity (Wildman–Crippen MR) is 73.6 cm³/mol. The summed E-state index contributed by atoms with van der Waals surface area (Å²) in [5, 5.41) is -0.357. The molecule has 102 valence electrons. The minimum atomic E-state index is -3.03. The zero-order valence-electron chi connectivity index (χ0n) is 10.9. The minimum Gasteiger partial charge on any atom is -0.493 e. The number of ether oxygens (including phenoxy) is 1. The van der Waals surface area contributed by atoms with Crippen LogP contribution in [0.5, 0.6) is 5.75 Å². The molecule has 5 heteroatoms. The fourth-order valence-corrected chi connectivity index (χ4v) is 2.26. The molecule has 0 saturated carbocycles. The monoisotopic (exact) mass is 271 g/mol. The molecule has 0 radical (unpaired) electrons. The molecule has 0 aliphatic carbocycles. The van der Waals surface area contributed by atoms with Gasteiger partial charge in [0, 0.05) is 0 Å². The Morgan fingerprint density at radius 2 is 2.06 bits per heavy atom. The Balaban J connectivity index is 2.51. The number of sulfone groups is 1. The summed E-state index contributed by atoms with van der Waals surface area (Å²) in [5.41, 5.74) is 6.58. The van der Waals surface area contributed by atoms with Crippen LogP contribution in [-0.4, -0.2) is 32.6 Å². The molecular formula is C13H21NO3S. The summed E-state index contributed by atoms with van der Waals surface area (Å²) >= 11 is 0. The van der Waals surface area contributed by atoms with Crippen LogP contribution in [0.3, 0.4) is 0 Å². The Morgan fingerprint density at radius 3 is 2.67 bits per heavy atom. The van der Waals surface area contributed by atoms with Crippen LogP contribution in [0.2, 0.25) is 0 Å². The van der Waals surface area contributed by atoms with Crippen LogP contribution >= 0.6 is 0 Å². The van der Waals surface area contributed by atoms with E-state index in [0.717, 1.165) is 12.0 Å². The maximum Gasteiger partial charge on any atom is 0.155 e. The summed E-state index contributed by atoms with van der Waals surface area (Å²) in [6.45, 7) is 4.13. The van der Waals surface area contributed by atoms with E-state index in [2.05, 4.69) is 0 Å². The van der Waals surface area contributed by atoms with Gasteiger partial charge in [-0.2, -0.15) is 0 Å². The first-order valence-electron chi connectivity index (χ1n) is 6.09. The summed E-state index contributed by atoms with van der Waals surface area (Å²) in [7, 11) is -3.03. The van der Waals surface area contributed by atoms with Crippen molar-refractivity contribution in [3.8, 4) is 5.75 Å². The smallest absolute Gasteiger partial charge is 0.155 e. The lowest BCUT2D eigenvalue weighted by atomic mass is 10.1. The summed E-state index contributed by atoms with van der Waals surface area (Å²) in [6.07, 6.45) is 0.793. The van der Waals surface area contributed by atoms with Gasteiger partial charge < -0.3 is 10.5 Å². The molecule has 1 aromatic carbocycles. The molecule has 0 unspecified atom stereocenters. The topological polar surface area (TPSA) is 69.4 Å². The lowest BCUT2D eigenvalue weighted by Gasteiger charge is -2.10. The third-order valence-corrected chi connectivity index (χ3v) is 4.86. The highest BCUT2D eigenvalue weighted by Crippen LogP contribution is 2.14. The standard InChI is InChI=1S/C13H21NO3S/c1-11(2)18(15,16)9-8-17-13-5-3-4-12(10-13)6-7-14/h3-5,10-11H,6-9,14H2,1-2H3. The van der Waals surface area contributed by atoms with E-state index in [0.29, 0.717) is 12.3 Å². The fraction of sp³-hybridized carbons (Fsp3) is 0.538. The van der Waals surface area contributed by atoms with E-state index in [9.17, 15) is 8.42 Å². The fourth-order valence-electron chi connectivity index (χ4n) is 1.47. The molecule has 0 aliphatic rings.